The van der Waals surface area contributed by atoms with Crippen molar-refractivity contribution in [2.24, 2.45) is 0 Å². The zero-order valence-corrected chi connectivity index (χ0v) is 15.0. The number of hydrogen-bond acceptors (Lipinski definition) is 4. The number of nitro benzene ring substituents is 1. The number of amides is 1. The Bertz CT molecular complexity index is 751. The fourth-order valence-corrected chi connectivity index (χ4v) is 4.30. The summed E-state index contributed by atoms with van der Waals surface area (Å²) in [4.78, 5) is 24.9. The van der Waals surface area contributed by atoms with Crippen LogP contribution in [-0.4, -0.2) is 28.0 Å². The van der Waals surface area contributed by atoms with Gasteiger partial charge in [-0.3, -0.25) is 14.9 Å². The van der Waals surface area contributed by atoms with E-state index in [1.165, 1.54) is 12.1 Å². The summed E-state index contributed by atoms with van der Waals surface area (Å²) in [6.45, 7) is 0.677. The molecule has 2 aromatic carbocycles. The van der Waals surface area contributed by atoms with E-state index >= 15 is 0 Å². The van der Waals surface area contributed by atoms with Crippen molar-refractivity contribution in [2.75, 3.05) is 12.3 Å². The lowest BCUT2D eigenvalue weighted by Gasteiger charge is -2.24. The van der Waals surface area contributed by atoms with Crippen molar-refractivity contribution < 1.29 is 9.72 Å². The van der Waals surface area contributed by atoms with Crippen LogP contribution in [0.1, 0.15) is 21.3 Å². The lowest BCUT2D eigenvalue weighted by molar-refractivity contribution is -0.384. The molecule has 1 aliphatic rings. The van der Waals surface area contributed by atoms with Crippen LogP contribution in [0.15, 0.2) is 48.5 Å². The molecule has 1 atom stereocenters. The summed E-state index contributed by atoms with van der Waals surface area (Å²) < 4.78 is 1.02. The quantitative estimate of drug-likeness (QED) is 0.410. The zero-order chi connectivity index (χ0) is 16.4. The number of rotatable bonds is 3. The maximum atomic E-state index is 12.8. The summed E-state index contributed by atoms with van der Waals surface area (Å²) >= 11 is 3.87. The standard InChI is InChI=1S/C16H13IN2O3S/c17-13-3-1-2-12(10-13)15(20)18-8-9-23-16(18)11-4-6-14(7-5-11)19(21)22/h1-7,10,16H,8-9H2. The number of thioether (sulfide) groups is 1. The smallest absolute Gasteiger partial charge is 0.269 e. The number of benzene rings is 2. The van der Waals surface area contributed by atoms with Crippen LogP contribution in [0.25, 0.3) is 0 Å². The van der Waals surface area contributed by atoms with E-state index in [1.54, 1.807) is 23.9 Å². The molecule has 0 aliphatic carbocycles. The highest BCUT2D eigenvalue weighted by Gasteiger charge is 2.31. The average Bonchev–Trinajstić information content (AvgIpc) is 3.03. The molecule has 118 valence electrons. The van der Waals surface area contributed by atoms with Crippen molar-refractivity contribution in [2.45, 2.75) is 5.37 Å². The number of non-ortho nitro benzene ring substituents is 1. The van der Waals surface area contributed by atoms with Crippen molar-refractivity contribution in [1.29, 1.82) is 0 Å². The first-order valence-electron chi connectivity index (χ1n) is 6.99. The molecule has 7 heteroatoms. The summed E-state index contributed by atoms with van der Waals surface area (Å²) in [6, 6.07) is 14.0. The first kappa shape index (κ1) is 16.3. The van der Waals surface area contributed by atoms with Crippen LogP contribution in [0.2, 0.25) is 0 Å². The molecule has 0 spiro atoms. The first-order chi connectivity index (χ1) is 11.1. The summed E-state index contributed by atoms with van der Waals surface area (Å²) in [6.07, 6.45) is 0. The number of hydrogen-bond donors (Lipinski definition) is 0. The molecule has 23 heavy (non-hydrogen) atoms. The highest BCUT2D eigenvalue weighted by atomic mass is 127. The van der Waals surface area contributed by atoms with E-state index in [2.05, 4.69) is 22.6 Å². The maximum Gasteiger partial charge on any atom is 0.269 e. The van der Waals surface area contributed by atoms with Gasteiger partial charge in [0.05, 0.1) is 4.92 Å². The van der Waals surface area contributed by atoms with E-state index in [4.69, 9.17) is 0 Å². The molecule has 5 nitrogen and oxygen atoms in total. The first-order valence-corrected chi connectivity index (χ1v) is 9.11. The van der Waals surface area contributed by atoms with Crippen LogP contribution >= 0.6 is 34.4 Å². The maximum absolute atomic E-state index is 12.8. The second kappa shape index (κ2) is 6.88. The topological polar surface area (TPSA) is 63.5 Å². The monoisotopic (exact) mass is 440 g/mol. The minimum Gasteiger partial charge on any atom is -0.322 e. The minimum atomic E-state index is -0.416. The van der Waals surface area contributed by atoms with Crippen LogP contribution in [-0.2, 0) is 0 Å². The molecule has 0 radical (unpaired) electrons. The third kappa shape index (κ3) is 3.50. The second-order valence-corrected chi connectivity index (χ2v) is 7.51. The minimum absolute atomic E-state index is 0.00290. The summed E-state index contributed by atoms with van der Waals surface area (Å²) in [7, 11) is 0. The SMILES string of the molecule is O=C(c1cccc(I)c1)N1CCSC1c1ccc([N+](=O)[O-])cc1. The number of carbonyl (C=O) groups excluding carboxylic acids is 1. The Balaban J connectivity index is 1.85. The number of carbonyl (C=O) groups is 1. The van der Waals surface area contributed by atoms with Gasteiger partial charge in [-0.1, -0.05) is 6.07 Å². The molecule has 0 N–H and O–H groups in total. The van der Waals surface area contributed by atoms with E-state index in [-0.39, 0.29) is 17.0 Å². The zero-order valence-electron chi connectivity index (χ0n) is 12.0. The van der Waals surface area contributed by atoms with Gasteiger partial charge in [-0.25, -0.2) is 0 Å². The third-order valence-corrected chi connectivity index (χ3v) is 5.54. The Kier molecular flexibility index (Phi) is 4.86. The number of nitro groups is 1. The molecule has 1 saturated heterocycles. The normalized spacial score (nSPS) is 17.3. The van der Waals surface area contributed by atoms with Crippen LogP contribution in [0.5, 0.6) is 0 Å². The van der Waals surface area contributed by atoms with Crippen molar-refractivity contribution in [1.82, 2.24) is 4.90 Å². The molecule has 1 unspecified atom stereocenters. The van der Waals surface area contributed by atoms with Gasteiger partial charge in [0.2, 0.25) is 0 Å². The molecular formula is C16H13IN2O3S. The molecule has 1 amide bonds. The Morgan fingerprint density at radius 2 is 2.00 bits per heavy atom. The molecule has 1 fully saturated rings. The Morgan fingerprint density at radius 3 is 2.65 bits per heavy atom. The van der Waals surface area contributed by atoms with Gasteiger partial charge in [-0.15, -0.1) is 11.8 Å². The summed E-state index contributed by atoms with van der Waals surface area (Å²) in [5, 5.41) is 10.7. The molecule has 0 bridgehead atoms. The third-order valence-electron chi connectivity index (χ3n) is 3.61. The molecular weight excluding hydrogens is 427 g/mol. The van der Waals surface area contributed by atoms with Gasteiger partial charge >= 0.3 is 0 Å². The van der Waals surface area contributed by atoms with Crippen LogP contribution in [0.4, 0.5) is 5.69 Å². The van der Waals surface area contributed by atoms with Gasteiger partial charge in [0.25, 0.3) is 11.6 Å². The summed E-state index contributed by atoms with van der Waals surface area (Å²) in [5.74, 6) is 0.856. The van der Waals surface area contributed by atoms with Gasteiger partial charge < -0.3 is 4.90 Å². The Hall–Kier alpha value is -1.61. The van der Waals surface area contributed by atoms with Gasteiger partial charge in [0.1, 0.15) is 5.37 Å². The predicted molar refractivity (Wildman–Crippen MR) is 98.5 cm³/mol. The Morgan fingerprint density at radius 1 is 1.26 bits per heavy atom. The predicted octanol–water partition coefficient (Wildman–Crippen LogP) is 4.09. The van der Waals surface area contributed by atoms with E-state index < -0.39 is 4.92 Å². The fraction of sp³-hybridized carbons (Fsp3) is 0.188. The highest BCUT2D eigenvalue weighted by molar-refractivity contribution is 14.1. The van der Waals surface area contributed by atoms with Crippen molar-refractivity contribution in [3.05, 3.63) is 73.3 Å². The highest BCUT2D eigenvalue weighted by Crippen LogP contribution is 2.39. The van der Waals surface area contributed by atoms with Crippen molar-refractivity contribution in [3.8, 4) is 0 Å². The van der Waals surface area contributed by atoms with Gasteiger partial charge in [-0.05, 0) is 58.5 Å². The fourth-order valence-electron chi connectivity index (χ4n) is 2.50. The summed E-state index contributed by atoms with van der Waals surface area (Å²) in [5.41, 5.74) is 1.65. The lowest BCUT2D eigenvalue weighted by atomic mass is 10.1. The molecule has 0 aromatic heterocycles. The van der Waals surface area contributed by atoms with E-state index in [9.17, 15) is 14.9 Å². The van der Waals surface area contributed by atoms with Gasteiger partial charge in [0.15, 0.2) is 0 Å². The average molecular weight is 440 g/mol. The number of nitrogens with zero attached hydrogens (tertiary/aromatic N) is 2. The van der Waals surface area contributed by atoms with Crippen LogP contribution < -0.4 is 0 Å². The molecule has 3 rings (SSSR count). The molecule has 1 aliphatic heterocycles. The van der Waals surface area contributed by atoms with E-state index in [0.29, 0.717) is 12.1 Å². The lowest BCUT2D eigenvalue weighted by Crippen LogP contribution is -2.30. The number of halogens is 1. The van der Waals surface area contributed by atoms with E-state index in [0.717, 1.165) is 14.9 Å². The largest absolute Gasteiger partial charge is 0.322 e. The van der Waals surface area contributed by atoms with Gasteiger partial charge in [0, 0.05) is 33.6 Å². The molecule has 2 aromatic rings. The second-order valence-electron chi connectivity index (χ2n) is 5.08. The van der Waals surface area contributed by atoms with E-state index in [1.807, 2.05) is 29.2 Å². The Labute approximate surface area is 151 Å². The van der Waals surface area contributed by atoms with Gasteiger partial charge in [-0.2, -0.15) is 0 Å². The van der Waals surface area contributed by atoms with Crippen LogP contribution in [0, 0.1) is 13.7 Å². The molecule has 0 saturated carbocycles. The molecule has 1 heterocycles. The van der Waals surface area contributed by atoms with Crippen LogP contribution in [0.3, 0.4) is 0 Å². The van der Waals surface area contributed by atoms with Crippen molar-refractivity contribution in [3.63, 3.8) is 0 Å². The van der Waals surface area contributed by atoms with Crippen molar-refractivity contribution >= 4 is 45.9 Å².